The number of amides is 2. The summed E-state index contributed by atoms with van der Waals surface area (Å²) in [6.07, 6.45) is 3.20. The van der Waals surface area contributed by atoms with E-state index in [9.17, 15) is 18.0 Å². The van der Waals surface area contributed by atoms with E-state index in [1.165, 1.54) is 28.6 Å². The number of rotatable bonds is 5. The molecule has 0 unspecified atom stereocenters. The van der Waals surface area contributed by atoms with E-state index in [1.807, 2.05) is 24.3 Å². The molecule has 2 aliphatic rings. The zero-order chi connectivity index (χ0) is 22.7. The minimum Gasteiger partial charge on any atom is -0.497 e. The molecule has 168 valence electrons. The number of piperazine rings is 1. The molecule has 0 radical (unpaired) electrons. The summed E-state index contributed by atoms with van der Waals surface area (Å²) < 4.78 is 37.8. The predicted octanol–water partition coefficient (Wildman–Crippen LogP) is 1.57. The van der Waals surface area contributed by atoms with Crippen LogP contribution in [0.25, 0.3) is 6.08 Å². The van der Waals surface area contributed by atoms with E-state index in [0.717, 1.165) is 11.3 Å². The second kappa shape index (κ2) is 9.01. The fourth-order valence-electron chi connectivity index (χ4n) is 3.51. The van der Waals surface area contributed by atoms with Crippen LogP contribution in [0.3, 0.4) is 0 Å². The lowest BCUT2D eigenvalue weighted by Gasteiger charge is -2.33. The van der Waals surface area contributed by atoms with E-state index in [4.69, 9.17) is 9.47 Å². The SMILES string of the molecule is COc1ccc(/C=C/C(=O)N2CCN(S(=O)(=O)c3ccc4c(c3)NC(=O)CO4)CC2)cc1. The Morgan fingerprint density at radius 2 is 1.81 bits per heavy atom. The van der Waals surface area contributed by atoms with E-state index in [1.54, 1.807) is 18.1 Å². The highest BCUT2D eigenvalue weighted by Crippen LogP contribution is 2.31. The molecule has 2 aliphatic heterocycles. The van der Waals surface area contributed by atoms with Gasteiger partial charge in [-0.25, -0.2) is 8.42 Å². The number of hydrogen-bond acceptors (Lipinski definition) is 6. The maximum atomic E-state index is 13.0. The average molecular weight is 458 g/mol. The number of methoxy groups -OCH3 is 1. The van der Waals surface area contributed by atoms with Crippen molar-refractivity contribution >= 4 is 33.6 Å². The van der Waals surface area contributed by atoms with Crippen LogP contribution < -0.4 is 14.8 Å². The molecule has 0 saturated carbocycles. The van der Waals surface area contributed by atoms with Gasteiger partial charge in [0.1, 0.15) is 11.5 Å². The van der Waals surface area contributed by atoms with Crippen molar-refractivity contribution < 1.29 is 27.5 Å². The Hall–Kier alpha value is -3.37. The van der Waals surface area contributed by atoms with Crippen LogP contribution in [0.15, 0.2) is 53.4 Å². The van der Waals surface area contributed by atoms with Gasteiger partial charge in [0.05, 0.1) is 17.7 Å². The van der Waals surface area contributed by atoms with Crippen molar-refractivity contribution in [2.45, 2.75) is 4.90 Å². The fraction of sp³-hybridized carbons (Fsp3) is 0.273. The maximum Gasteiger partial charge on any atom is 0.262 e. The highest BCUT2D eigenvalue weighted by Gasteiger charge is 2.30. The van der Waals surface area contributed by atoms with Gasteiger partial charge in [0.15, 0.2) is 6.61 Å². The number of anilines is 1. The molecule has 1 fully saturated rings. The summed E-state index contributed by atoms with van der Waals surface area (Å²) in [5.41, 5.74) is 1.20. The summed E-state index contributed by atoms with van der Waals surface area (Å²) >= 11 is 0. The number of benzene rings is 2. The summed E-state index contributed by atoms with van der Waals surface area (Å²) in [4.78, 5) is 25.7. The molecule has 10 heteroatoms. The summed E-state index contributed by atoms with van der Waals surface area (Å²) in [5, 5.41) is 2.62. The van der Waals surface area contributed by atoms with Gasteiger partial charge < -0.3 is 19.7 Å². The van der Waals surface area contributed by atoms with Crippen molar-refractivity contribution in [2.75, 3.05) is 45.2 Å². The van der Waals surface area contributed by atoms with Crippen molar-refractivity contribution in [3.8, 4) is 11.5 Å². The zero-order valence-corrected chi connectivity index (χ0v) is 18.3. The third-order valence-corrected chi connectivity index (χ3v) is 7.20. The number of carbonyl (C=O) groups is 2. The van der Waals surface area contributed by atoms with Crippen molar-refractivity contribution in [1.82, 2.24) is 9.21 Å². The Balaban J connectivity index is 1.38. The van der Waals surface area contributed by atoms with Gasteiger partial charge in [0.25, 0.3) is 5.91 Å². The van der Waals surface area contributed by atoms with Crippen molar-refractivity contribution in [1.29, 1.82) is 0 Å². The lowest BCUT2D eigenvalue weighted by Crippen LogP contribution is -2.50. The standard InChI is InChI=1S/C22H23N3O6S/c1-30-17-5-2-16(3-6-17)4-9-22(27)24-10-12-25(13-11-24)32(28,29)18-7-8-20-19(14-18)23-21(26)15-31-20/h2-9,14H,10-13,15H2,1H3,(H,23,26)/b9-4+. The largest absolute Gasteiger partial charge is 0.497 e. The Bertz CT molecular complexity index is 1150. The van der Waals surface area contributed by atoms with Crippen LogP contribution >= 0.6 is 0 Å². The maximum absolute atomic E-state index is 13.0. The van der Waals surface area contributed by atoms with Gasteiger partial charge in [0.2, 0.25) is 15.9 Å². The summed E-state index contributed by atoms with van der Waals surface area (Å²) in [7, 11) is -2.18. The minimum atomic E-state index is -3.77. The molecule has 0 bridgehead atoms. The van der Waals surface area contributed by atoms with Gasteiger partial charge in [-0.2, -0.15) is 4.31 Å². The zero-order valence-electron chi connectivity index (χ0n) is 17.5. The highest BCUT2D eigenvalue weighted by molar-refractivity contribution is 7.89. The summed E-state index contributed by atoms with van der Waals surface area (Å²) in [5.74, 6) is 0.663. The Morgan fingerprint density at radius 3 is 2.50 bits per heavy atom. The van der Waals surface area contributed by atoms with Gasteiger partial charge >= 0.3 is 0 Å². The smallest absolute Gasteiger partial charge is 0.262 e. The van der Waals surface area contributed by atoms with Crippen molar-refractivity contribution in [3.63, 3.8) is 0 Å². The molecule has 1 saturated heterocycles. The number of carbonyl (C=O) groups excluding carboxylic acids is 2. The molecule has 1 N–H and O–H groups in total. The number of ether oxygens (including phenoxy) is 2. The lowest BCUT2D eigenvalue weighted by atomic mass is 10.2. The molecule has 0 aliphatic carbocycles. The van der Waals surface area contributed by atoms with Gasteiger partial charge in [-0.05, 0) is 42.0 Å². The molecule has 2 aromatic carbocycles. The van der Waals surface area contributed by atoms with Gasteiger partial charge in [0, 0.05) is 32.3 Å². The van der Waals surface area contributed by atoms with Crippen LogP contribution in [-0.2, 0) is 19.6 Å². The molecular formula is C22H23N3O6S. The molecule has 0 atom stereocenters. The molecule has 2 heterocycles. The number of sulfonamides is 1. The molecule has 4 rings (SSSR count). The van der Waals surface area contributed by atoms with E-state index in [2.05, 4.69) is 5.32 Å². The molecule has 0 aromatic heterocycles. The first-order valence-electron chi connectivity index (χ1n) is 10.0. The van der Waals surface area contributed by atoms with Crippen LogP contribution in [0.2, 0.25) is 0 Å². The van der Waals surface area contributed by atoms with Gasteiger partial charge in [-0.1, -0.05) is 12.1 Å². The first-order chi connectivity index (χ1) is 15.4. The Morgan fingerprint density at radius 1 is 1.09 bits per heavy atom. The molecule has 0 spiro atoms. The topological polar surface area (TPSA) is 105 Å². The molecule has 2 amide bonds. The van der Waals surface area contributed by atoms with Crippen LogP contribution in [0.1, 0.15) is 5.56 Å². The first-order valence-corrected chi connectivity index (χ1v) is 11.5. The second-order valence-electron chi connectivity index (χ2n) is 7.33. The van der Waals surface area contributed by atoms with E-state index in [-0.39, 0.29) is 49.5 Å². The lowest BCUT2D eigenvalue weighted by molar-refractivity contribution is -0.127. The quantitative estimate of drug-likeness (QED) is 0.684. The third-order valence-electron chi connectivity index (χ3n) is 5.31. The number of fused-ring (bicyclic) bond motifs is 1. The van der Waals surface area contributed by atoms with Gasteiger partial charge in [-0.3, -0.25) is 9.59 Å². The molecule has 2 aromatic rings. The normalized spacial score (nSPS) is 16.9. The Kier molecular flexibility index (Phi) is 6.15. The first kappa shape index (κ1) is 21.8. The van der Waals surface area contributed by atoms with Crippen LogP contribution in [0.5, 0.6) is 11.5 Å². The van der Waals surface area contributed by atoms with E-state index < -0.39 is 10.0 Å². The van der Waals surface area contributed by atoms with E-state index in [0.29, 0.717) is 11.4 Å². The Labute approximate surface area is 186 Å². The predicted molar refractivity (Wildman–Crippen MR) is 118 cm³/mol. The monoisotopic (exact) mass is 457 g/mol. The highest BCUT2D eigenvalue weighted by atomic mass is 32.2. The number of nitrogens with zero attached hydrogens (tertiary/aromatic N) is 2. The number of nitrogens with one attached hydrogen (secondary N) is 1. The van der Waals surface area contributed by atoms with Gasteiger partial charge in [-0.15, -0.1) is 0 Å². The minimum absolute atomic E-state index is 0.0706. The summed E-state index contributed by atoms with van der Waals surface area (Å²) in [6.45, 7) is 0.850. The third kappa shape index (κ3) is 4.61. The molecular weight excluding hydrogens is 434 g/mol. The second-order valence-corrected chi connectivity index (χ2v) is 9.27. The van der Waals surface area contributed by atoms with Crippen LogP contribution in [-0.4, -0.2) is 69.3 Å². The summed E-state index contributed by atoms with van der Waals surface area (Å²) in [6, 6.07) is 11.7. The number of hydrogen-bond donors (Lipinski definition) is 1. The molecule has 9 nitrogen and oxygen atoms in total. The molecule has 32 heavy (non-hydrogen) atoms. The van der Waals surface area contributed by atoms with Crippen LogP contribution in [0.4, 0.5) is 5.69 Å². The van der Waals surface area contributed by atoms with Crippen molar-refractivity contribution in [2.24, 2.45) is 0 Å². The average Bonchev–Trinajstić information content (AvgIpc) is 2.82. The van der Waals surface area contributed by atoms with Crippen molar-refractivity contribution in [3.05, 3.63) is 54.1 Å². The van der Waals surface area contributed by atoms with E-state index >= 15 is 0 Å². The fourth-order valence-corrected chi connectivity index (χ4v) is 4.96. The van der Waals surface area contributed by atoms with Crippen LogP contribution in [0, 0.1) is 0 Å².